The highest BCUT2D eigenvalue weighted by atomic mass is 35.5. The monoisotopic (exact) mass is 448 g/mol. The van der Waals surface area contributed by atoms with E-state index in [4.69, 9.17) is 23.2 Å². The van der Waals surface area contributed by atoms with Gasteiger partial charge in [-0.1, -0.05) is 23.2 Å². The first kappa shape index (κ1) is 20.6. The second-order valence-corrected chi connectivity index (χ2v) is 10.3. The van der Waals surface area contributed by atoms with Crippen LogP contribution in [-0.2, 0) is 4.79 Å². The fraction of sp³-hybridized carbons (Fsp3) is 0.471. The van der Waals surface area contributed by atoms with Gasteiger partial charge in [-0.15, -0.1) is 23.5 Å². The van der Waals surface area contributed by atoms with Gasteiger partial charge in [0.25, 0.3) is 5.91 Å². The molecule has 0 bridgehead atoms. The molecule has 2 amide bonds. The highest BCUT2D eigenvalue weighted by molar-refractivity contribution is 8.18. The van der Waals surface area contributed by atoms with Crippen LogP contribution in [0.15, 0.2) is 12.1 Å². The molecule has 27 heavy (non-hydrogen) atoms. The topological polar surface area (TPSA) is 86.7 Å². The third-order valence-electron chi connectivity index (χ3n) is 4.52. The van der Waals surface area contributed by atoms with E-state index in [0.29, 0.717) is 13.1 Å². The van der Waals surface area contributed by atoms with E-state index in [1.165, 1.54) is 18.6 Å². The molecule has 0 radical (unpaired) electrons. The first-order valence-corrected chi connectivity index (χ1v) is 11.1. The predicted molar refractivity (Wildman–Crippen MR) is 109 cm³/mol. The lowest BCUT2D eigenvalue weighted by Gasteiger charge is -2.31. The van der Waals surface area contributed by atoms with Gasteiger partial charge in [-0.3, -0.25) is 9.59 Å². The Labute approximate surface area is 175 Å². The number of likely N-dealkylation sites (tertiary alicyclic amines) is 1. The number of carboxylic acid groups (broad SMARTS) is 1. The molecule has 0 saturated carbocycles. The number of hydrogen-bond acceptors (Lipinski definition) is 5. The van der Waals surface area contributed by atoms with Crippen LogP contribution in [0.4, 0.5) is 0 Å². The van der Waals surface area contributed by atoms with Gasteiger partial charge >= 0.3 is 5.97 Å². The van der Waals surface area contributed by atoms with Crippen molar-refractivity contribution in [3.63, 3.8) is 0 Å². The Kier molecular flexibility index (Phi) is 6.50. The number of nitrogens with zero attached hydrogens (tertiary/aromatic N) is 1. The minimum absolute atomic E-state index is 0.0477. The molecule has 2 N–H and O–H groups in total. The van der Waals surface area contributed by atoms with E-state index in [1.807, 2.05) is 23.5 Å². The Bertz CT molecular complexity index is 784. The van der Waals surface area contributed by atoms with Gasteiger partial charge in [0.05, 0.1) is 31.8 Å². The molecule has 3 rings (SSSR count). The average Bonchev–Trinajstić information content (AvgIpc) is 3.05. The van der Waals surface area contributed by atoms with Crippen molar-refractivity contribution in [3.05, 3.63) is 33.3 Å². The Morgan fingerprint density at radius 2 is 1.93 bits per heavy atom. The third-order valence-corrected chi connectivity index (χ3v) is 8.74. The summed E-state index contributed by atoms with van der Waals surface area (Å²) < 4.78 is 0.0814. The Morgan fingerprint density at radius 1 is 1.22 bits per heavy atom. The van der Waals surface area contributed by atoms with Crippen molar-refractivity contribution in [1.82, 2.24) is 10.2 Å². The SMILES string of the molecule is O=C(NCC(=O)N1CCC2(C1)SCCCS2)c1ccc(Cl)c(Cl)c1C(=O)O. The van der Waals surface area contributed by atoms with Crippen LogP contribution in [0.3, 0.4) is 0 Å². The average molecular weight is 449 g/mol. The number of carbonyl (C=O) groups excluding carboxylic acids is 2. The number of rotatable bonds is 4. The smallest absolute Gasteiger partial charge is 0.338 e. The number of carbonyl (C=O) groups is 3. The molecule has 6 nitrogen and oxygen atoms in total. The van der Waals surface area contributed by atoms with Crippen LogP contribution in [0.25, 0.3) is 0 Å². The molecular weight excluding hydrogens is 431 g/mol. The number of aromatic carboxylic acids is 1. The van der Waals surface area contributed by atoms with Crippen molar-refractivity contribution in [2.45, 2.75) is 16.9 Å². The molecule has 0 unspecified atom stereocenters. The first-order valence-electron chi connectivity index (χ1n) is 8.38. The number of amides is 2. The van der Waals surface area contributed by atoms with Gasteiger partial charge in [0.15, 0.2) is 0 Å². The van der Waals surface area contributed by atoms with Crippen molar-refractivity contribution in [1.29, 1.82) is 0 Å². The van der Waals surface area contributed by atoms with Crippen LogP contribution in [0, 0.1) is 0 Å². The summed E-state index contributed by atoms with van der Waals surface area (Å²) in [6, 6.07) is 2.65. The lowest BCUT2D eigenvalue weighted by molar-refractivity contribution is -0.129. The van der Waals surface area contributed by atoms with E-state index in [-0.39, 0.29) is 37.7 Å². The molecule has 2 fully saturated rings. The Morgan fingerprint density at radius 3 is 2.59 bits per heavy atom. The molecule has 146 valence electrons. The summed E-state index contributed by atoms with van der Waals surface area (Å²) in [6.45, 7) is 1.15. The van der Waals surface area contributed by atoms with Gasteiger partial charge in [0, 0.05) is 13.1 Å². The van der Waals surface area contributed by atoms with Crippen molar-refractivity contribution < 1.29 is 19.5 Å². The lowest BCUT2D eigenvalue weighted by Crippen LogP contribution is -2.41. The van der Waals surface area contributed by atoms with Gasteiger partial charge in [-0.05, 0) is 36.5 Å². The van der Waals surface area contributed by atoms with Crippen molar-refractivity contribution in [3.8, 4) is 0 Å². The van der Waals surface area contributed by atoms with Crippen LogP contribution in [-0.4, -0.2) is 63.0 Å². The number of thioether (sulfide) groups is 2. The Hall–Kier alpha value is -1.09. The fourth-order valence-corrected chi connectivity index (χ4v) is 6.84. The van der Waals surface area contributed by atoms with Crippen molar-refractivity contribution >= 4 is 64.5 Å². The van der Waals surface area contributed by atoms with Crippen LogP contribution >= 0.6 is 46.7 Å². The molecule has 0 atom stereocenters. The predicted octanol–water partition coefficient (Wildman–Crippen LogP) is 3.22. The van der Waals surface area contributed by atoms with Crippen molar-refractivity contribution in [2.75, 3.05) is 31.1 Å². The maximum atomic E-state index is 12.5. The van der Waals surface area contributed by atoms with E-state index in [2.05, 4.69) is 5.32 Å². The highest BCUT2D eigenvalue weighted by Gasteiger charge is 2.42. The minimum Gasteiger partial charge on any atom is -0.478 e. The van der Waals surface area contributed by atoms with Gasteiger partial charge in [0.1, 0.15) is 0 Å². The summed E-state index contributed by atoms with van der Waals surface area (Å²) >= 11 is 15.6. The quantitative estimate of drug-likeness (QED) is 0.734. The summed E-state index contributed by atoms with van der Waals surface area (Å²) in [5.74, 6) is 0.0210. The van der Waals surface area contributed by atoms with E-state index in [1.54, 1.807) is 4.90 Å². The molecule has 2 aliphatic heterocycles. The molecule has 2 saturated heterocycles. The molecule has 0 aliphatic carbocycles. The van der Waals surface area contributed by atoms with Crippen LogP contribution < -0.4 is 5.32 Å². The van der Waals surface area contributed by atoms with Gasteiger partial charge in [-0.2, -0.15) is 0 Å². The molecule has 2 aliphatic rings. The summed E-state index contributed by atoms with van der Waals surface area (Å²) in [7, 11) is 0. The van der Waals surface area contributed by atoms with Crippen LogP contribution in [0.1, 0.15) is 33.6 Å². The Balaban J connectivity index is 1.62. The summed E-state index contributed by atoms with van der Waals surface area (Å²) in [5, 5.41) is 11.7. The van der Waals surface area contributed by atoms with Gasteiger partial charge in [-0.25, -0.2) is 4.79 Å². The standard InChI is InChI=1S/C17H18Cl2N2O4S2/c18-11-3-2-10(13(14(11)19)16(24)25)15(23)20-8-12(22)21-5-4-17(9-21)26-6-1-7-27-17/h2-3H,1,4-9H2,(H,20,23)(H,24,25). The van der Waals surface area contributed by atoms with Crippen molar-refractivity contribution in [2.24, 2.45) is 0 Å². The van der Waals surface area contributed by atoms with Gasteiger partial charge in [0.2, 0.25) is 5.91 Å². The fourth-order valence-electron chi connectivity index (χ4n) is 3.13. The molecule has 1 aromatic rings. The zero-order valence-electron chi connectivity index (χ0n) is 14.3. The summed E-state index contributed by atoms with van der Waals surface area (Å²) in [6.07, 6.45) is 2.13. The van der Waals surface area contributed by atoms with E-state index < -0.39 is 11.9 Å². The number of halogens is 2. The van der Waals surface area contributed by atoms with E-state index >= 15 is 0 Å². The molecule has 2 heterocycles. The zero-order valence-corrected chi connectivity index (χ0v) is 17.4. The van der Waals surface area contributed by atoms with Gasteiger partial charge < -0.3 is 15.3 Å². The van der Waals surface area contributed by atoms with E-state index in [0.717, 1.165) is 17.9 Å². The molecular formula is C17H18Cl2N2O4S2. The largest absolute Gasteiger partial charge is 0.478 e. The molecule has 10 heteroatoms. The molecule has 0 aromatic heterocycles. The molecule has 1 spiro atoms. The van der Waals surface area contributed by atoms with Crippen LogP contribution in [0.2, 0.25) is 10.0 Å². The number of hydrogen-bond donors (Lipinski definition) is 2. The number of nitrogens with one attached hydrogen (secondary N) is 1. The maximum Gasteiger partial charge on any atom is 0.338 e. The summed E-state index contributed by atoms with van der Waals surface area (Å²) in [5.41, 5.74) is -0.495. The van der Waals surface area contributed by atoms with Crippen LogP contribution in [0.5, 0.6) is 0 Å². The second-order valence-electron chi connectivity index (χ2n) is 6.30. The summed E-state index contributed by atoms with van der Waals surface area (Å²) in [4.78, 5) is 38.0. The number of carboxylic acids is 1. The maximum absolute atomic E-state index is 12.5. The molecule has 1 aromatic carbocycles. The minimum atomic E-state index is -1.35. The zero-order chi connectivity index (χ0) is 19.6. The lowest BCUT2D eigenvalue weighted by atomic mass is 10.1. The number of benzene rings is 1. The first-order chi connectivity index (χ1) is 12.8. The highest BCUT2D eigenvalue weighted by Crippen LogP contribution is 2.48. The normalized spacial score (nSPS) is 18.5. The third kappa shape index (κ3) is 4.50. The van der Waals surface area contributed by atoms with E-state index in [9.17, 15) is 19.5 Å². The second kappa shape index (κ2) is 8.51.